The van der Waals surface area contributed by atoms with Crippen LogP contribution in [0.25, 0.3) is 0 Å². The van der Waals surface area contributed by atoms with Gasteiger partial charge >= 0.3 is 0 Å². The number of hydrogen-bond acceptors (Lipinski definition) is 3. The Morgan fingerprint density at radius 3 is 3.00 bits per heavy atom. The molecule has 4 N–H and O–H groups in total. The first-order valence-electron chi connectivity index (χ1n) is 4.65. The summed E-state index contributed by atoms with van der Waals surface area (Å²) in [6.45, 7) is 7.79. The van der Waals surface area contributed by atoms with Gasteiger partial charge < -0.3 is 11.1 Å². The molecule has 1 rings (SSSR count). The van der Waals surface area contributed by atoms with Crippen molar-refractivity contribution in [2.45, 2.75) is 19.8 Å². The van der Waals surface area contributed by atoms with Gasteiger partial charge in [-0.2, -0.15) is 5.10 Å². The molecule has 1 aliphatic rings. The van der Waals surface area contributed by atoms with E-state index in [4.69, 9.17) is 5.73 Å². The van der Waals surface area contributed by atoms with Crippen molar-refractivity contribution in [1.82, 2.24) is 10.7 Å². The topological polar surface area (TPSA) is 62.4 Å². The van der Waals surface area contributed by atoms with Crippen LogP contribution in [0.4, 0.5) is 0 Å². The van der Waals surface area contributed by atoms with Crippen LogP contribution in [0.3, 0.4) is 0 Å². The van der Waals surface area contributed by atoms with E-state index in [-0.39, 0.29) is 0 Å². The zero-order chi connectivity index (χ0) is 9.68. The molecule has 0 aliphatic carbocycles. The first kappa shape index (κ1) is 10.1. The molecule has 1 saturated heterocycles. The Balaban J connectivity index is 2.33. The first-order chi connectivity index (χ1) is 6.20. The summed E-state index contributed by atoms with van der Waals surface area (Å²) in [5.74, 6) is 1.02. The molecule has 13 heavy (non-hydrogen) atoms. The van der Waals surface area contributed by atoms with Crippen molar-refractivity contribution in [1.29, 1.82) is 0 Å². The van der Waals surface area contributed by atoms with E-state index in [1.54, 1.807) is 6.92 Å². The molecule has 0 spiro atoms. The van der Waals surface area contributed by atoms with E-state index in [0.29, 0.717) is 11.8 Å². The van der Waals surface area contributed by atoms with Crippen molar-refractivity contribution in [2.75, 3.05) is 13.1 Å². The summed E-state index contributed by atoms with van der Waals surface area (Å²) >= 11 is 0. The second-order valence-corrected chi connectivity index (χ2v) is 3.43. The third kappa shape index (κ3) is 3.46. The van der Waals surface area contributed by atoms with Gasteiger partial charge in [-0.1, -0.05) is 6.58 Å². The zero-order valence-corrected chi connectivity index (χ0v) is 8.14. The average Bonchev–Trinajstić information content (AvgIpc) is 2.15. The fourth-order valence-electron chi connectivity index (χ4n) is 1.40. The molecule has 0 aromatic carbocycles. The molecular formula is C9H18N4. The van der Waals surface area contributed by atoms with E-state index in [1.807, 2.05) is 0 Å². The van der Waals surface area contributed by atoms with Gasteiger partial charge in [0, 0.05) is 18.2 Å². The molecule has 0 aromatic rings. The molecule has 1 heterocycles. The second-order valence-electron chi connectivity index (χ2n) is 3.43. The van der Waals surface area contributed by atoms with E-state index in [1.165, 1.54) is 12.8 Å². The van der Waals surface area contributed by atoms with E-state index < -0.39 is 0 Å². The van der Waals surface area contributed by atoms with Crippen LogP contribution in [0.2, 0.25) is 0 Å². The minimum absolute atomic E-state index is 0.483. The fraction of sp³-hybridized carbons (Fsp3) is 0.667. The molecule has 1 unspecified atom stereocenters. The predicted octanol–water partition coefficient (Wildman–Crippen LogP) is 0.381. The van der Waals surface area contributed by atoms with Crippen molar-refractivity contribution < 1.29 is 0 Å². The van der Waals surface area contributed by atoms with Crippen LogP contribution < -0.4 is 16.5 Å². The number of nitrogens with one attached hydrogen (secondary N) is 2. The monoisotopic (exact) mass is 182 g/mol. The highest BCUT2D eigenvalue weighted by atomic mass is 15.3. The van der Waals surface area contributed by atoms with Crippen LogP contribution in [0.5, 0.6) is 0 Å². The van der Waals surface area contributed by atoms with Crippen molar-refractivity contribution in [3.8, 4) is 0 Å². The minimum Gasteiger partial charge on any atom is -0.386 e. The molecule has 1 fully saturated rings. The molecule has 0 aromatic heterocycles. The van der Waals surface area contributed by atoms with Crippen LogP contribution in [0.15, 0.2) is 17.4 Å². The number of hydrazone groups is 1. The summed E-state index contributed by atoms with van der Waals surface area (Å²) in [6, 6.07) is 0. The number of amidine groups is 1. The SMILES string of the molecule is C=C(N/N=C(/C)N)C1CCCNC1. The lowest BCUT2D eigenvalue weighted by molar-refractivity contribution is 0.407. The van der Waals surface area contributed by atoms with Crippen LogP contribution in [-0.2, 0) is 0 Å². The Kier molecular flexibility index (Phi) is 3.76. The standard InChI is InChI=1S/C9H18N4/c1-7(12-13-8(2)10)9-4-3-5-11-6-9/h9,11-12H,1,3-6H2,2H3,(H2,10,13). The third-order valence-electron chi connectivity index (χ3n) is 2.17. The predicted molar refractivity (Wildman–Crippen MR) is 55.2 cm³/mol. The third-order valence-corrected chi connectivity index (χ3v) is 2.17. The maximum absolute atomic E-state index is 5.40. The fourth-order valence-corrected chi connectivity index (χ4v) is 1.40. The van der Waals surface area contributed by atoms with Crippen molar-refractivity contribution in [2.24, 2.45) is 16.8 Å². The Labute approximate surface area is 79.3 Å². The largest absolute Gasteiger partial charge is 0.386 e. The molecule has 1 aliphatic heterocycles. The number of hydrogen-bond donors (Lipinski definition) is 3. The zero-order valence-electron chi connectivity index (χ0n) is 8.14. The summed E-state index contributed by atoms with van der Waals surface area (Å²) in [5, 5.41) is 7.24. The van der Waals surface area contributed by atoms with Gasteiger partial charge in [-0.3, -0.25) is 5.43 Å². The molecule has 1 atom stereocenters. The number of nitrogens with zero attached hydrogens (tertiary/aromatic N) is 1. The Morgan fingerprint density at radius 1 is 1.69 bits per heavy atom. The van der Waals surface area contributed by atoms with Gasteiger partial charge in [0.05, 0.1) is 0 Å². The summed E-state index contributed by atoms with van der Waals surface area (Å²) in [4.78, 5) is 0. The van der Waals surface area contributed by atoms with Gasteiger partial charge in [0.2, 0.25) is 0 Å². The molecule has 4 nitrogen and oxygen atoms in total. The molecule has 0 bridgehead atoms. The van der Waals surface area contributed by atoms with Gasteiger partial charge in [0.15, 0.2) is 0 Å². The van der Waals surface area contributed by atoms with Crippen LogP contribution >= 0.6 is 0 Å². The molecule has 0 radical (unpaired) electrons. The van der Waals surface area contributed by atoms with Crippen molar-refractivity contribution >= 4 is 5.84 Å². The van der Waals surface area contributed by atoms with Crippen LogP contribution in [0.1, 0.15) is 19.8 Å². The lowest BCUT2D eigenvalue weighted by Crippen LogP contribution is -2.33. The minimum atomic E-state index is 0.483. The Hall–Kier alpha value is -1.03. The normalized spacial score (nSPS) is 24.1. The van der Waals surface area contributed by atoms with Gasteiger partial charge in [-0.05, 0) is 26.3 Å². The van der Waals surface area contributed by atoms with E-state index in [0.717, 1.165) is 18.8 Å². The molecular weight excluding hydrogens is 164 g/mol. The van der Waals surface area contributed by atoms with Gasteiger partial charge in [-0.25, -0.2) is 0 Å². The van der Waals surface area contributed by atoms with Crippen molar-refractivity contribution in [3.05, 3.63) is 12.3 Å². The summed E-state index contributed by atoms with van der Waals surface area (Å²) in [7, 11) is 0. The highest BCUT2D eigenvalue weighted by molar-refractivity contribution is 5.77. The quantitative estimate of drug-likeness (QED) is 0.336. The molecule has 0 saturated carbocycles. The highest BCUT2D eigenvalue weighted by Crippen LogP contribution is 2.15. The Bertz CT molecular complexity index is 200. The smallest absolute Gasteiger partial charge is 0.116 e. The molecule has 74 valence electrons. The summed E-state index contributed by atoms with van der Waals surface area (Å²) < 4.78 is 0. The van der Waals surface area contributed by atoms with E-state index in [2.05, 4.69) is 22.4 Å². The van der Waals surface area contributed by atoms with E-state index >= 15 is 0 Å². The second kappa shape index (κ2) is 4.87. The van der Waals surface area contributed by atoms with Gasteiger partial charge in [0.25, 0.3) is 0 Å². The maximum atomic E-state index is 5.40. The summed E-state index contributed by atoms with van der Waals surface area (Å²) in [5.41, 5.74) is 9.24. The average molecular weight is 182 g/mol. The number of nitrogens with two attached hydrogens (primary N) is 1. The number of piperidine rings is 1. The van der Waals surface area contributed by atoms with Crippen LogP contribution in [-0.4, -0.2) is 18.9 Å². The van der Waals surface area contributed by atoms with Crippen LogP contribution in [0, 0.1) is 5.92 Å². The summed E-state index contributed by atoms with van der Waals surface area (Å²) in [6.07, 6.45) is 2.38. The number of rotatable bonds is 3. The maximum Gasteiger partial charge on any atom is 0.116 e. The van der Waals surface area contributed by atoms with Gasteiger partial charge in [-0.15, -0.1) is 0 Å². The van der Waals surface area contributed by atoms with Crippen molar-refractivity contribution in [3.63, 3.8) is 0 Å². The first-order valence-corrected chi connectivity index (χ1v) is 4.65. The van der Waals surface area contributed by atoms with Gasteiger partial charge in [0.1, 0.15) is 5.84 Å². The molecule has 4 heteroatoms. The highest BCUT2D eigenvalue weighted by Gasteiger charge is 2.15. The molecule has 0 amide bonds. The lowest BCUT2D eigenvalue weighted by Gasteiger charge is -2.24. The lowest BCUT2D eigenvalue weighted by atomic mass is 9.97. The Morgan fingerprint density at radius 2 is 2.46 bits per heavy atom. The van der Waals surface area contributed by atoms with E-state index in [9.17, 15) is 0 Å².